The lowest BCUT2D eigenvalue weighted by molar-refractivity contribution is -0.140. The van der Waals surface area contributed by atoms with Crippen LogP contribution < -0.4 is 5.32 Å². The van der Waals surface area contributed by atoms with Gasteiger partial charge < -0.3 is 10.4 Å². The second-order valence-electron chi connectivity index (χ2n) is 5.00. The van der Waals surface area contributed by atoms with Crippen molar-refractivity contribution in [3.05, 3.63) is 51.2 Å². The Bertz CT molecular complexity index is 804. The number of aromatic carboxylic acids is 1. The van der Waals surface area contributed by atoms with Crippen LogP contribution in [-0.4, -0.2) is 22.0 Å². The van der Waals surface area contributed by atoms with E-state index in [0.717, 1.165) is 28.8 Å². The maximum atomic E-state index is 13.9. The standard InChI is InChI=1S/C15H12F4N2O3S/c1-2-10(13-21-11(6-25-13)15(17,18)19)20-12(22)8-4-3-7(14(23)24)5-9(8)16/h3-6,10H,2H2,1H3,(H,20,22)(H,23,24). The second kappa shape index (κ2) is 7.18. The molecule has 2 N–H and O–H groups in total. The van der Waals surface area contributed by atoms with Gasteiger partial charge in [0.25, 0.3) is 5.91 Å². The third-order valence-corrected chi connectivity index (χ3v) is 4.24. The number of carboxylic acids is 1. The molecule has 1 heterocycles. The monoisotopic (exact) mass is 376 g/mol. The zero-order chi connectivity index (χ0) is 18.8. The second-order valence-corrected chi connectivity index (χ2v) is 5.89. The van der Waals surface area contributed by atoms with Gasteiger partial charge in [0.15, 0.2) is 5.69 Å². The molecule has 0 saturated heterocycles. The first-order chi connectivity index (χ1) is 11.6. The fraction of sp³-hybridized carbons (Fsp3) is 0.267. The Morgan fingerprint density at radius 2 is 2.04 bits per heavy atom. The Labute approximate surface area is 143 Å². The molecule has 0 fully saturated rings. The molecular formula is C15H12F4N2O3S. The minimum atomic E-state index is -4.59. The number of hydrogen-bond acceptors (Lipinski definition) is 4. The minimum Gasteiger partial charge on any atom is -0.478 e. The molecule has 1 unspecified atom stereocenters. The summed E-state index contributed by atoms with van der Waals surface area (Å²) in [6.45, 7) is 1.63. The van der Waals surface area contributed by atoms with Gasteiger partial charge in [0, 0.05) is 5.38 Å². The number of amides is 1. The highest BCUT2D eigenvalue weighted by Gasteiger charge is 2.34. The van der Waals surface area contributed by atoms with Gasteiger partial charge in [-0.1, -0.05) is 6.92 Å². The molecule has 0 aliphatic carbocycles. The number of rotatable bonds is 5. The summed E-state index contributed by atoms with van der Waals surface area (Å²) < 4.78 is 51.7. The fourth-order valence-corrected chi connectivity index (χ4v) is 2.94. The normalized spacial score (nSPS) is 12.7. The summed E-state index contributed by atoms with van der Waals surface area (Å²) in [5.41, 5.74) is -1.79. The lowest BCUT2D eigenvalue weighted by Crippen LogP contribution is -2.29. The maximum absolute atomic E-state index is 13.9. The molecule has 0 aliphatic heterocycles. The predicted octanol–water partition coefficient (Wildman–Crippen LogP) is 3.88. The quantitative estimate of drug-likeness (QED) is 0.777. The van der Waals surface area contributed by atoms with Crippen molar-refractivity contribution in [2.45, 2.75) is 25.6 Å². The lowest BCUT2D eigenvalue weighted by atomic mass is 10.1. The molecule has 0 spiro atoms. The van der Waals surface area contributed by atoms with Crippen LogP contribution in [0.3, 0.4) is 0 Å². The van der Waals surface area contributed by atoms with Gasteiger partial charge in [-0.3, -0.25) is 4.79 Å². The molecule has 2 aromatic rings. The lowest BCUT2D eigenvalue weighted by Gasteiger charge is -2.15. The molecular weight excluding hydrogens is 364 g/mol. The van der Waals surface area contributed by atoms with E-state index in [0.29, 0.717) is 6.07 Å². The van der Waals surface area contributed by atoms with Gasteiger partial charge in [0.05, 0.1) is 17.2 Å². The van der Waals surface area contributed by atoms with E-state index in [-0.39, 0.29) is 17.0 Å². The van der Waals surface area contributed by atoms with Crippen molar-refractivity contribution < 1.29 is 32.3 Å². The topological polar surface area (TPSA) is 79.3 Å². The molecule has 10 heteroatoms. The van der Waals surface area contributed by atoms with E-state index in [1.807, 2.05) is 0 Å². The number of thiazole rings is 1. The van der Waals surface area contributed by atoms with Crippen molar-refractivity contribution in [3.63, 3.8) is 0 Å². The molecule has 5 nitrogen and oxygen atoms in total. The van der Waals surface area contributed by atoms with E-state index in [1.165, 1.54) is 0 Å². The number of carbonyl (C=O) groups excluding carboxylic acids is 1. The maximum Gasteiger partial charge on any atom is 0.434 e. The number of alkyl halides is 3. The van der Waals surface area contributed by atoms with Crippen LogP contribution in [-0.2, 0) is 6.18 Å². The summed E-state index contributed by atoms with van der Waals surface area (Å²) in [6, 6.07) is 1.94. The first-order valence-corrected chi connectivity index (χ1v) is 7.87. The smallest absolute Gasteiger partial charge is 0.434 e. The van der Waals surface area contributed by atoms with Gasteiger partial charge in [-0.05, 0) is 24.6 Å². The molecule has 134 valence electrons. The molecule has 0 bridgehead atoms. The van der Waals surface area contributed by atoms with Crippen LogP contribution in [0.5, 0.6) is 0 Å². The average molecular weight is 376 g/mol. The van der Waals surface area contributed by atoms with Crippen molar-refractivity contribution in [1.82, 2.24) is 10.3 Å². The first kappa shape index (κ1) is 18.8. The number of benzene rings is 1. The highest BCUT2D eigenvalue weighted by atomic mass is 32.1. The Morgan fingerprint density at radius 1 is 1.36 bits per heavy atom. The Kier molecular flexibility index (Phi) is 5.41. The molecule has 1 aromatic carbocycles. The molecule has 2 rings (SSSR count). The number of aromatic nitrogens is 1. The van der Waals surface area contributed by atoms with Gasteiger partial charge in [0.1, 0.15) is 10.8 Å². The molecule has 0 aliphatic rings. The van der Waals surface area contributed by atoms with Crippen LogP contribution in [0.15, 0.2) is 23.6 Å². The van der Waals surface area contributed by atoms with E-state index in [4.69, 9.17) is 5.11 Å². The fourth-order valence-electron chi connectivity index (χ4n) is 1.98. The highest BCUT2D eigenvalue weighted by Crippen LogP contribution is 2.32. The Balaban J connectivity index is 2.20. The first-order valence-electron chi connectivity index (χ1n) is 6.99. The van der Waals surface area contributed by atoms with E-state index >= 15 is 0 Å². The van der Waals surface area contributed by atoms with Crippen LogP contribution in [0.4, 0.5) is 17.6 Å². The van der Waals surface area contributed by atoms with Gasteiger partial charge >= 0.3 is 12.1 Å². The average Bonchev–Trinajstić information content (AvgIpc) is 3.02. The third kappa shape index (κ3) is 4.32. The molecule has 1 aromatic heterocycles. The van der Waals surface area contributed by atoms with Crippen molar-refractivity contribution in [1.29, 1.82) is 0 Å². The van der Waals surface area contributed by atoms with Crippen molar-refractivity contribution in [2.24, 2.45) is 0 Å². The van der Waals surface area contributed by atoms with E-state index in [2.05, 4.69) is 10.3 Å². The summed E-state index contributed by atoms with van der Waals surface area (Å²) >= 11 is 0.740. The van der Waals surface area contributed by atoms with E-state index in [1.54, 1.807) is 6.92 Å². The van der Waals surface area contributed by atoms with Gasteiger partial charge in [-0.2, -0.15) is 13.2 Å². The van der Waals surface area contributed by atoms with Crippen LogP contribution >= 0.6 is 11.3 Å². The summed E-state index contributed by atoms with van der Waals surface area (Å²) in [5.74, 6) is -3.26. The zero-order valence-electron chi connectivity index (χ0n) is 12.7. The van der Waals surface area contributed by atoms with Crippen LogP contribution in [0.2, 0.25) is 0 Å². The van der Waals surface area contributed by atoms with E-state index in [9.17, 15) is 27.2 Å². The number of nitrogens with one attached hydrogen (secondary N) is 1. The summed E-state index contributed by atoms with van der Waals surface area (Å²) in [5, 5.41) is 12.1. The van der Waals surface area contributed by atoms with Gasteiger partial charge in [-0.15, -0.1) is 11.3 Å². The summed E-state index contributed by atoms with van der Waals surface area (Å²) in [7, 11) is 0. The van der Waals surface area contributed by atoms with Gasteiger partial charge in [-0.25, -0.2) is 14.2 Å². The number of nitrogens with zero attached hydrogens (tertiary/aromatic N) is 1. The molecule has 1 atom stereocenters. The Hall–Kier alpha value is -2.49. The zero-order valence-corrected chi connectivity index (χ0v) is 13.5. The number of carboxylic acid groups (broad SMARTS) is 1. The third-order valence-electron chi connectivity index (χ3n) is 3.28. The van der Waals surface area contributed by atoms with Crippen LogP contribution in [0.1, 0.15) is 50.8 Å². The summed E-state index contributed by atoms with van der Waals surface area (Å²) in [6.07, 6.45) is -4.35. The number of halogens is 4. The number of hydrogen-bond donors (Lipinski definition) is 2. The molecule has 25 heavy (non-hydrogen) atoms. The van der Waals surface area contributed by atoms with Crippen LogP contribution in [0, 0.1) is 5.82 Å². The van der Waals surface area contributed by atoms with Crippen molar-refractivity contribution >= 4 is 23.2 Å². The van der Waals surface area contributed by atoms with E-state index < -0.39 is 41.2 Å². The predicted molar refractivity (Wildman–Crippen MR) is 81.0 cm³/mol. The summed E-state index contributed by atoms with van der Waals surface area (Å²) in [4.78, 5) is 26.4. The largest absolute Gasteiger partial charge is 0.478 e. The van der Waals surface area contributed by atoms with Crippen LogP contribution in [0.25, 0.3) is 0 Å². The molecule has 0 radical (unpaired) electrons. The van der Waals surface area contributed by atoms with Gasteiger partial charge in [0.2, 0.25) is 0 Å². The number of carbonyl (C=O) groups is 2. The minimum absolute atomic E-state index is 0.0470. The van der Waals surface area contributed by atoms with Crippen molar-refractivity contribution in [3.8, 4) is 0 Å². The SMILES string of the molecule is CCC(NC(=O)c1ccc(C(=O)O)cc1F)c1nc(C(F)(F)F)cs1. The van der Waals surface area contributed by atoms with Crippen molar-refractivity contribution in [2.75, 3.05) is 0 Å². The Morgan fingerprint density at radius 3 is 2.52 bits per heavy atom. The highest BCUT2D eigenvalue weighted by molar-refractivity contribution is 7.09. The molecule has 1 amide bonds. The molecule has 0 saturated carbocycles.